The average Bonchev–Trinajstić information content (AvgIpc) is 2.53. The maximum Gasteiger partial charge on any atom is 0.350 e. The van der Waals surface area contributed by atoms with Crippen LogP contribution < -0.4 is 5.73 Å². The van der Waals surface area contributed by atoms with E-state index in [2.05, 4.69) is 0 Å². The molecule has 1 aromatic rings. The van der Waals surface area contributed by atoms with Crippen molar-refractivity contribution in [1.29, 1.82) is 0 Å². The van der Waals surface area contributed by atoms with Gasteiger partial charge in [0.15, 0.2) is 0 Å². The predicted octanol–water partition coefficient (Wildman–Crippen LogP) is 3.21. The third-order valence-corrected chi connectivity index (χ3v) is 3.87. The number of hydrogen-bond donors (Lipinski definition) is 1. The zero-order chi connectivity index (χ0) is 11.4. The van der Waals surface area contributed by atoms with Crippen molar-refractivity contribution < 1.29 is 9.53 Å². The largest absolute Gasteiger partial charge is 0.458 e. The van der Waals surface area contributed by atoms with Crippen LogP contribution in [0.25, 0.3) is 0 Å². The van der Waals surface area contributed by atoms with E-state index in [4.69, 9.17) is 10.5 Å². The lowest BCUT2D eigenvalue weighted by molar-refractivity contribution is 0.0274. The van der Waals surface area contributed by atoms with Gasteiger partial charge in [-0.05, 0) is 37.1 Å². The fraction of sp³-hybridized carbons (Fsp3) is 0.583. The Balaban J connectivity index is 1.93. The number of hydrogen-bond acceptors (Lipinski definition) is 4. The molecule has 88 valence electrons. The molecule has 1 saturated carbocycles. The topological polar surface area (TPSA) is 52.3 Å². The molecule has 2 N–H and O–H groups in total. The van der Waals surface area contributed by atoms with Gasteiger partial charge in [0.1, 0.15) is 11.0 Å². The highest BCUT2D eigenvalue weighted by Gasteiger charge is 2.19. The second kappa shape index (κ2) is 5.34. The summed E-state index contributed by atoms with van der Waals surface area (Å²) in [5, 5.41) is 1.82. The molecule has 2 rings (SSSR count). The highest BCUT2D eigenvalue weighted by atomic mass is 32.1. The minimum Gasteiger partial charge on any atom is -0.458 e. The summed E-state index contributed by atoms with van der Waals surface area (Å²) in [4.78, 5) is 12.4. The van der Waals surface area contributed by atoms with Gasteiger partial charge in [0.05, 0.1) is 5.69 Å². The Hall–Kier alpha value is -1.03. The SMILES string of the molecule is Nc1ccsc1C(=O)OC1CCCCCC1. The highest BCUT2D eigenvalue weighted by molar-refractivity contribution is 7.12. The maximum absolute atomic E-state index is 11.8. The molecule has 0 atom stereocenters. The van der Waals surface area contributed by atoms with Crippen molar-refractivity contribution in [3.8, 4) is 0 Å². The Kier molecular flexibility index (Phi) is 3.83. The van der Waals surface area contributed by atoms with Crippen molar-refractivity contribution in [1.82, 2.24) is 0 Å². The first kappa shape index (κ1) is 11.5. The summed E-state index contributed by atoms with van der Waals surface area (Å²) in [6, 6.07) is 1.74. The molecule has 1 heterocycles. The van der Waals surface area contributed by atoms with Crippen LogP contribution in [-0.2, 0) is 4.74 Å². The van der Waals surface area contributed by atoms with Crippen LogP contribution in [-0.4, -0.2) is 12.1 Å². The first-order valence-corrected chi connectivity index (χ1v) is 6.69. The molecular formula is C12H17NO2S. The van der Waals surface area contributed by atoms with Crippen LogP contribution in [0.15, 0.2) is 11.4 Å². The van der Waals surface area contributed by atoms with Gasteiger partial charge in [-0.3, -0.25) is 0 Å². The number of esters is 1. The molecule has 1 aromatic heterocycles. The van der Waals surface area contributed by atoms with Gasteiger partial charge in [-0.1, -0.05) is 12.8 Å². The van der Waals surface area contributed by atoms with Crippen LogP contribution in [0, 0.1) is 0 Å². The van der Waals surface area contributed by atoms with Crippen molar-refractivity contribution in [2.75, 3.05) is 5.73 Å². The van der Waals surface area contributed by atoms with Crippen LogP contribution in [0.2, 0.25) is 0 Å². The molecule has 16 heavy (non-hydrogen) atoms. The number of anilines is 1. The van der Waals surface area contributed by atoms with Crippen molar-refractivity contribution in [2.24, 2.45) is 0 Å². The second-order valence-electron chi connectivity index (χ2n) is 4.22. The van der Waals surface area contributed by atoms with Crippen LogP contribution in [0.5, 0.6) is 0 Å². The van der Waals surface area contributed by atoms with Crippen LogP contribution in [0.3, 0.4) is 0 Å². The van der Waals surface area contributed by atoms with Gasteiger partial charge in [-0.15, -0.1) is 11.3 Å². The average molecular weight is 239 g/mol. The van der Waals surface area contributed by atoms with E-state index >= 15 is 0 Å². The van der Waals surface area contributed by atoms with Gasteiger partial charge in [0, 0.05) is 0 Å². The minimum absolute atomic E-state index is 0.0940. The maximum atomic E-state index is 11.8. The van der Waals surface area contributed by atoms with E-state index in [0.29, 0.717) is 10.6 Å². The smallest absolute Gasteiger partial charge is 0.350 e. The molecule has 0 saturated heterocycles. The first-order chi connectivity index (χ1) is 7.77. The normalized spacial score (nSPS) is 18.0. The Morgan fingerprint density at radius 1 is 1.31 bits per heavy atom. The predicted molar refractivity (Wildman–Crippen MR) is 65.6 cm³/mol. The third-order valence-electron chi connectivity index (χ3n) is 2.96. The molecule has 1 fully saturated rings. The zero-order valence-electron chi connectivity index (χ0n) is 9.28. The van der Waals surface area contributed by atoms with Crippen molar-refractivity contribution >= 4 is 23.0 Å². The number of carbonyl (C=O) groups is 1. The lowest BCUT2D eigenvalue weighted by atomic mass is 10.1. The molecule has 0 unspecified atom stereocenters. The molecule has 0 amide bonds. The number of thiophene rings is 1. The zero-order valence-corrected chi connectivity index (χ0v) is 10.1. The van der Waals surface area contributed by atoms with E-state index in [-0.39, 0.29) is 12.1 Å². The highest BCUT2D eigenvalue weighted by Crippen LogP contribution is 2.24. The molecule has 0 spiro atoms. The van der Waals surface area contributed by atoms with Crippen molar-refractivity contribution in [3.63, 3.8) is 0 Å². The van der Waals surface area contributed by atoms with E-state index < -0.39 is 0 Å². The summed E-state index contributed by atoms with van der Waals surface area (Å²) in [7, 11) is 0. The molecule has 0 bridgehead atoms. The molecule has 1 aliphatic rings. The van der Waals surface area contributed by atoms with E-state index in [0.717, 1.165) is 25.7 Å². The minimum atomic E-state index is -0.251. The number of carbonyl (C=O) groups excluding carboxylic acids is 1. The van der Waals surface area contributed by atoms with Crippen LogP contribution in [0.4, 0.5) is 5.69 Å². The molecule has 3 nitrogen and oxygen atoms in total. The lowest BCUT2D eigenvalue weighted by Gasteiger charge is -2.14. The first-order valence-electron chi connectivity index (χ1n) is 5.81. The summed E-state index contributed by atoms with van der Waals surface area (Å²) in [6.07, 6.45) is 6.94. The summed E-state index contributed by atoms with van der Waals surface area (Å²) in [6.45, 7) is 0. The van der Waals surface area contributed by atoms with Gasteiger partial charge in [0.25, 0.3) is 0 Å². The van der Waals surface area contributed by atoms with Crippen molar-refractivity contribution in [3.05, 3.63) is 16.3 Å². The summed E-state index contributed by atoms with van der Waals surface area (Å²) in [5.74, 6) is -0.251. The second-order valence-corrected chi connectivity index (χ2v) is 5.14. The fourth-order valence-electron chi connectivity index (χ4n) is 2.05. The molecular weight excluding hydrogens is 222 g/mol. The molecule has 4 heteroatoms. The van der Waals surface area contributed by atoms with Crippen LogP contribution >= 0.6 is 11.3 Å². The molecule has 0 aromatic carbocycles. The van der Waals surface area contributed by atoms with E-state index in [1.165, 1.54) is 24.2 Å². The Morgan fingerprint density at radius 3 is 2.56 bits per heavy atom. The van der Waals surface area contributed by atoms with Gasteiger partial charge in [0.2, 0.25) is 0 Å². The van der Waals surface area contributed by atoms with E-state index in [9.17, 15) is 4.79 Å². The lowest BCUT2D eigenvalue weighted by Crippen LogP contribution is -2.17. The van der Waals surface area contributed by atoms with Crippen LogP contribution in [0.1, 0.15) is 48.2 Å². The Bertz CT molecular complexity index is 354. The fourth-order valence-corrected chi connectivity index (χ4v) is 2.75. The molecule has 0 radical (unpaired) electrons. The van der Waals surface area contributed by atoms with Gasteiger partial charge in [-0.2, -0.15) is 0 Å². The number of rotatable bonds is 2. The summed E-state index contributed by atoms with van der Waals surface area (Å²) < 4.78 is 5.49. The van der Waals surface area contributed by atoms with Crippen molar-refractivity contribution in [2.45, 2.75) is 44.6 Å². The van der Waals surface area contributed by atoms with Gasteiger partial charge < -0.3 is 10.5 Å². The molecule has 0 aliphatic heterocycles. The number of ether oxygens (including phenoxy) is 1. The Labute approximate surface area is 99.6 Å². The standard InChI is InChI=1S/C12H17NO2S/c13-10-7-8-16-11(10)12(14)15-9-5-3-1-2-4-6-9/h7-9H,1-6,13H2. The van der Waals surface area contributed by atoms with E-state index in [1.54, 1.807) is 6.07 Å². The van der Waals surface area contributed by atoms with E-state index in [1.807, 2.05) is 5.38 Å². The van der Waals surface area contributed by atoms with Gasteiger partial charge in [-0.25, -0.2) is 4.79 Å². The monoisotopic (exact) mass is 239 g/mol. The number of nitrogens with two attached hydrogens (primary N) is 1. The molecule has 1 aliphatic carbocycles. The quantitative estimate of drug-likeness (QED) is 0.637. The third kappa shape index (κ3) is 2.76. The van der Waals surface area contributed by atoms with Gasteiger partial charge >= 0.3 is 5.97 Å². The Morgan fingerprint density at radius 2 is 2.00 bits per heavy atom. The summed E-state index contributed by atoms with van der Waals surface area (Å²) >= 11 is 1.35. The summed E-state index contributed by atoms with van der Waals surface area (Å²) in [5.41, 5.74) is 6.22. The number of nitrogen functional groups attached to an aromatic ring is 1.